The van der Waals surface area contributed by atoms with Gasteiger partial charge in [0.2, 0.25) is 5.91 Å². The Morgan fingerprint density at radius 2 is 2.22 bits per heavy atom. The van der Waals surface area contributed by atoms with Crippen molar-refractivity contribution in [3.05, 3.63) is 47.2 Å². The minimum Gasteiger partial charge on any atom is -0.366 e. The lowest BCUT2D eigenvalue weighted by molar-refractivity contribution is 0.1000. The van der Waals surface area contributed by atoms with Gasteiger partial charge in [0.05, 0.1) is 0 Å². The fourth-order valence-corrected chi connectivity index (χ4v) is 1.74. The number of rotatable bonds is 4. The molecule has 2 rings (SSSR count). The SMILES string of the molecule is Cc1cc(C(N)=O)ccc1CNc1ccn(C)n1. The highest BCUT2D eigenvalue weighted by Crippen LogP contribution is 2.13. The molecule has 1 amide bonds. The number of benzene rings is 1. The number of carbonyl (C=O) groups is 1. The first kappa shape index (κ1) is 12.2. The van der Waals surface area contributed by atoms with Gasteiger partial charge in [-0.15, -0.1) is 0 Å². The van der Waals surface area contributed by atoms with Crippen LogP contribution >= 0.6 is 0 Å². The van der Waals surface area contributed by atoms with Crippen molar-refractivity contribution in [2.24, 2.45) is 12.8 Å². The molecular weight excluding hydrogens is 228 g/mol. The molecule has 2 aromatic rings. The van der Waals surface area contributed by atoms with Crippen LogP contribution in [0.25, 0.3) is 0 Å². The molecule has 0 atom stereocenters. The molecule has 3 N–H and O–H groups in total. The standard InChI is InChI=1S/C13H16N4O/c1-9-7-10(13(14)18)3-4-11(9)8-15-12-5-6-17(2)16-12/h3-7H,8H2,1-2H3,(H2,14,18)(H,15,16). The van der Waals surface area contributed by atoms with Crippen molar-refractivity contribution < 1.29 is 4.79 Å². The molecule has 0 fully saturated rings. The molecule has 0 bridgehead atoms. The minimum atomic E-state index is -0.401. The number of nitrogens with zero attached hydrogens (tertiary/aromatic N) is 2. The molecule has 0 aliphatic rings. The van der Waals surface area contributed by atoms with Crippen LogP contribution < -0.4 is 11.1 Å². The number of anilines is 1. The number of hydrogen-bond acceptors (Lipinski definition) is 3. The van der Waals surface area contributed by atoms with Crippen molar-refractivity contribution in [3.8, 4) is 0 Å². The smallest absolute Gasteiger partial charge is 0.248 e. The molecule has 0 aliphatic heterocycles. The molecule has 5 heteroatoms. The van der Waals surface area contributed by atoms with E-state index in [4.69, 9.17) is 5.73 Å². The van der Waals surface area contributed by atoms with Crippen molar-refractivity contribution in [1.29, 1.82) is 0 Å². The van der Waals surface area contributed by atoms with Crippen LogP contribution in [-0.2, 0) is 13.6 Å². The molecule has 1 heterocycles. The molecular formula is C13H16N4O. The molecule has 0 saturated heterocycles. The Morgan fingerprint density at radius 3 is 2.78 bits per heavy atom. The molecule has 0 saturated carbocycles. The van der Waals surface area contributed by atoms with Gasteiger partial charge in [0.25, 0.3) is 0 Å². The van der Waals surface area contributed by atoms with Crippen molar-refractivity contribution in [2.45, 2.75) is 13.5 Å². The van der Waals surface area contributed by atoms with E-state index in [0.717, 1.165) is 16.9 Å². The zero-order valence-electron chi connectivity index (χ0n) is 10.5. The average Bonchev–Trinajstić information content (AvgIpc) is 2.73. The van der Waals surface area contributed by atoms with Gasteiger partial charge in [0, 0.05) is 31.4 Å². The van der Waals surface area contributed by atoms with E-state index in [1.165, 1.54) is 0 Å². The Balaban J connectivity index is 2.08. The van der Waals surface area contributed by atoms with E-state index in [9.17, 15) is 4.79 Å². The Kier molecular flexibility index (Phi) is 3.32. The largest absolute Gasteiger partial charge is 0.366 e. The molecule has 0 spiro atoms. The minimum absolute atomic E-state index is 0.401. The van der Waals surface area contributed by atoms with Gasteiger partial charge in [0.15, 0.2) is 0 Å². The van der Waals surface area contributed by atoms with Crippen LogP contribution in [0.5, 0.6) is 0 Å². The topological polar surface area (TPSA) is 72.9 Å². The first-order chi connectivity index (χ1) is 8.56. The Morgan fingerprint density at radius 1 is 1.44 bits per heavy atom. The number of aryl methyl sites for hydroxylation is 2. The van der Waals surface area contributed by atoms with Gasteiger partial charge in [-0.05, 0) is 30.2 Å². The van der Waals surface area contributed by atoms with E-state index in [2.05, 4.69) is 10.4 Å². The lowest BCUT2D eigenvalue weighted by Crippen LogP contribution is -2.12. The monoisotopic (exact) mass is 244 g/mol. The second-order valence-corrected chi connectivity index (χ2v) is 4.23. The molecule has 0 radical (unpaired) electrons. The highest BCUT2D eigenvalue weighted by molar-refractivity contribution is 5.93. The summed E-state index contributed by atoms with van der Waals surface area (Å²) in [5.41, 5.74) is 7.92. The molecule has 0 unspecified atom stereocenters. The van der Waals surface area contributed by atoms with Gasteiger partial charge in [-0.3, -0.25) is 9.48 Å². The predicted molar refractivity (Wildman–Crippen MR) is 70.2 cm³/mol. The number of hydrogen-bond donors (Lipinski definition) is 2. The molecule has 1 aromatic carbocycles. The zero-order chi connectivity index (χ0) is 13.1. The molecule has 0 aliphatic carbocycles. The summed E-state index contributed by atoms with van der Waals surface area (Å²) in [6.45, 7) is 2.63. The van der Waals surface area contributed by atoms with Crippen molar-refractivity contribution in [3.63, 3.8) is 0 Å². The summed E-state index contributed by atoms with van der Waals surface area (Å²) in [4.78, 5) is 11.0. The maximum absolute atomic E-state index is 11.0. The maximum Gasteiger partial charge on any atom is 0.248 e. The van der Waals surface area contributed by atoms with Crippen LogP contribution in [0.3, 0.4) is 0 Å². The number of nitrogens with two attached hydrogens (primary N) is 1. The summed E-state index contributed by atoms with van der Waals surface area (Å²) in [7, 11) is 1.87. The molecule has 18 heavy (non-hydrogen) atoms. The van der Waals surface area contributed by atoms with Crippen LogP contribution in [0.2, 0.25) is 0 Å². The summed E-state index contributed by atoms with van der Waals surface area (Å²) < 4.78 is 1.74. The third-order valence-electron chi connectivity index (χ3n) is 2.80. The molecule has 94 valence electrons. The number of amides is 1. The second kappa shape index (κ2) is 4.91. The predicted octanol–water partition coefficient (Wildman–Crippen LogP) is 1.44. The highest BCUT2D eigenvalue weighted by atomic mass is 16.1. The number of carbonyl (C=O) groups excluding carboxylic acids is 1. The fraction of sp³-hybridized carbons (Fsp3) is 0.231. The average molecular weight is 244 g/mol. The second-order valence-electron chi connectivity index (χ2n) is 4.23. The van der Waals surface area contributed by atoms with E-state index < -0.39 is 5.91 Å². The van der Waals surface area contributed by atoms with E-state index >= 15 is 0 Å². The van der Waals surface area contributed by atoms with Crippen LogP contribution in [0.4, 0.5) is 5.82 Å². The quantitative estimate of drug-likeness (QED) is 0.854. The van der Waals surface area contributed by atoms with Gasteiger partial charge in [-0.25, -0.2) is 0 Å². The van der Waals surface area contributed by atoms with Crippen LogP contribution in [0, 0.1) is 6.92 Å². The van der Waals surface area contributed by atoms with Crippen molar-refractivity contribution in [2.75, 3.05) is 5.32 Å². The molecule has 5 nitrogen and oxygen atoms in total. The van der Waals surface area contributed by atoms with Crippen molar-refractivity contribution in [1.82, 2.24) is 9.78 Å². The first-order valence-corrected chi connectivity index (χ1v) is 5.69. The van der Waals surface area contributed by atoms with Crippen LogP contribution in [0.1, 0.15) is 21.5 Å². The lowest BCUT2D eigenvalue weighted by atomic mass is 10.0. The van der Waals surface area contributed by atoms with Gasteiger partial charge in [0.1, 0.15) is 5.82 Å². The third kappa shape index (κ3) is 2.68. The summed E-state index contributed by atoms with van der Waals surface area (Å²) >= 11 is 0. The Labute approximate surface area is 106 Å². The summed E-state index contributed by atoms with van der Waals surface area (Å²) in [5, 5.41) is 7.46. The zero-order valence-corrected chi connectivity index (χ0v) is 10.5. The van der Waals surface area contributed by atoms with Crippen molar-refractivity contribution >= 4 is 11.7 Å². The number of nitrogens with one attached hydrogen (secondary N) is 1. The van der Waals surface area contributed by atoms with Gasteiger partial charge < -0.3 is 11.1 Å². The summed E-state index contributed by atoms with van der Waals surface area (Å²) in [6.07, 6.45) is 1.88. The van der Waals surface area contributed by atoms with E-state index in [1.807, 2.05) is 32.3 Å². The first-order valence-electron chi connectivity index (χ1n) is 5.69. The van der Waals surface area contributed by atoms with Gasteiger partial charge in [-0.2, -0.15) is 5.10 Å². The molecule has 1 aromatic heterocycles. The lowest BCUT2D eigenvalue weighted by Gasteiger charge is -2.08. The van der Waals surface area contributed by atoms with Crippen LogP contribution in [-0.4, -0.2) is 15.7 Å². The maximum atomic E-state index is 11.0. The van der Waals surface area contributed by atoms with E-state index in [1.54, 1.807) is 16.8 Å². The van der Waals surface area contributed by atoms with Gasteiger partial charge >= 0.3 is 0 Å². The Bertz CT molecular complexity index is 574. The van der Waals surface area contributed by atoms with Gasteiger partial charge in [-0.1, -0.05) is 6.07 Å². The number of primary amides is 1. The van der Waals surface area contributed by atoms with Crippen LogP contribution in [0.15, 0.2) is 30.5 Å². The summed E-state index contributed by atoms with van der Waals surface area (Å²) in [6, 6.07) is 7.36. The normalized spacial score (nSPS) is 10.3. The Hall–Kier alpha value is -2.30. The highest BCUT2D eigenvalue weighted by Gasteiger charge is 2.04. The van der Waals surface area contributed by atoms with E-state index in [0.29, 0.717) is 12.1 Å². The summed E-state index contributed by atoms with van der Waals surface area (Å²) in [5.74, 6) is 0.429. The third-order valence-corrected chi connectivity index (χ3v) is 2.80. The number of aromatic nitrogens is 2. The van der Waals surface area contributed by atoms with E-state index in [-0.39, 0.29) is 0 Å². The fourth-order valence-electron chi connectivity index (χ4n) is 1.74.